The molecule has 7 nitrogen and oxygen atoms in total. The smallest absolute Gasteiger partial charge is 0.342 e. The molecule has 1 saturated heterocycles. The molecule has 0 bridgehead atoms. The van der Waals surface area contributed by atoms with Crippen LogP contribution in [0.25, 0.3) is 0 Å². The van der Waals surface area contributed by atoms with Crippen LogP contribution in [0, 0.1) is 6.92 Å². The van der Waals surface area contributed by atoms with E-state index in [9.17, 15) is 23.1 Å². The number of aromatic hydroxyl groups is 1. The first-order valence-electron chi connectivity index (χ1n) is 7.12. The SMILES string of the molecule is Cc1ccc(O)c(C(=O)OCC(=O)N(C)[C@H]2CCS(=O)(=O)C2)c1. The molecule has 1 atom stereocenters. The molecular weight excluding hydrogens is 322 g/mol. The van der Waals surface area contributed by atoms with Gasteiger partial charge in [0.05, 0.1) is 11.5 Å². The second-order valence-corrected chi connectivity index (χ2v) is 7.89. The zero-order valence-corrected chi connectivity index (χ0v) is 13.8. The van der Waals surface area contributed by atoms with Crippen molar-refractivity contribution in [3.63, 3.8) is 0 Å². The molecule has 0 saturated carbocycles. The highest BCUT2D eigenvalue weighted by Gasteiger charge is 2.33. The van der Waals surface area contributed by atoms with Crippen molar-refractivity contribution >= 4 is 21.7 Å². The minimum atomic E-state index is -3.09. The molecule has 1 aliphatic rings. The minimum Gasteiger partial charge on any atom is -0.507 e. The highest BCUT2D eigenvalue weighted by molar-refractivity contribution is 7.91. The van der Waals surface area contributed by atoms with Crippen LogP contribution < -0.4 is 0 Å². The third-order valence-corrected chi connectivity index (χ3v) is 5.60. The summed E-state index contributed by atoms with van der Waals surface area (Å²) >= 11 is 0. The number of ether oxygens (including phenoxy) is 1. The largest absolute Gasteiger partial charge is 0.507 e. The monoisotopic (exact) mass is 341 g/mol. The molecule has 1 aliphatic heterocycles. The van der Waals surface area contributed by atoms with Crippen LogP contribution in [0.3, 0.4) is 0 Å². The van der Waals surface area contributed by atoms with Gasteiger partial charge in [-0.3, -0.25) is 4.79 Å². The predicted octanol–water partition coefficient (Wildman–Crippen LogP) is 0.503. The Morgan fingerprint density at radius 3 is 2.70 bits per heavy atom. The van der Waals surface area contributed by atoms with Gasteiger partial charge in [-0.2, -0.15) is 0 Å². The molecule has 1 amide bonds. The molecule has 0 aliphatic carbocycles. The topological polar surface area (TPSA) is 101 Å². The number of rotatable bonds is 4. The highest BCUT2D eigenvalue weighted by Crippen LogP contribution is 2.20. The number of phenols is 1. The third-order valence-electron chi connectivity index (χ3n) is 3.85. The number of aryl methyl sites for hydroxylation is 1. The van der Waals surface area contributed by atoms with Crippen LogP contribution in [0.15, 0.2) is 18.2 Å². The lowest BCUT2D eigenvalue weighted by Crippen LogP contribution is -2.40. The van der Waals surface area contributed by atoms with Crippen molar-refractivity contribution in [3.05, 3.63) is 29.3 Å². The normalized spacial score (nSPS) is 19.3. The molecule has 1 aromatic carbocycles. The van der Waals surface area contributed by atoms with Crippen LogP contribution in [-0.4, -0.2) is 61.5 Å². The maximum absolute atomic E-state index is 12.0. The van der Waals surface area contributed by atoms with E-state index in [1.54, 1.807) is 13.0 Å². The van der Waals surface area contributed by atoms with Gasteiger partial charge in [0.25, 0.3) is 5.91 Å². The van der Waals surface area contributed by atoms with Gasteiger partial charge < -0.3 is 14.7 Å². The van der Waals surface area contributed by atoms with Crippen LogP contribution in [0.5, 0.6) is 5.75 Å². The summed E-state index contributed by atoms with van der Waals surface area (Å²) in [6, 6.07) is 4.10. The van der Waals surface area contributed by atoms with Crippen molar-refractivity contribution in [2.24, 2.45) is 0 Å². The van der Waals surface area contributed by atoms with Gasteiger partial charge in [0.15, 0.2) is 16.4 Å². The quantitative estimate of drug-likeness (QED) is 0.801. The van der Waals surface area contributed by atoms with Gasteiger partial charge in [0, 0.05) is 13.1 Å². The van der Waals surface area contributed by atoms with Crippen LogP contribution in [0.1, 0.15) is 22.3 Å². The summed E-state index contributed by atoms with van der Waals surface area (Å²) in [7, 11) is -1.60. The van der Waals surface area contributed by atoms with Crippen molar-refractivity contribution in [3.8, 4) is 5.75 Å². The van der Waals surface area contributed by atoms with Crippen LogP contribution in [-0.2, 0) is 19.4 Å². The summed E-state index contributed by atoms with van der Waals surface area (Å²) in [6.45, 7) is 1.26. The maximum Gasteiger partial charge on any atom is 0.342 e. The Bertz CT molecular complexity index is 727. The van der Waals surface area contributed by atoms with E-state index in [-0.39, 0.29) is 22.8 Å². The Kier molecular flexibility index (Phi) is 4.93. The maximum atomic E-state index is 12.0. The van der Waals surface area contributed by atoms with Gasteiger partial charge >= 0.3 is 5.97 Å². The van der Waals surface area contributed by atoms with Gasteiger partial charge in [0.1, 0.15) is 11.3 Å². The lowest BCUT2D eigenvalue weighted by atomic mass is 10.1. The van der Waals surface area contributed by atoms with Crippen LogP contribution in [0.4, 0.5) is 0 Å². The summed E-state index contributed by atoms with van der Waals surface area (Å²) in [5.74, 6) is -1.50. The fourth-order valence-electron chi connectivity index (χ4n) is 2.40. The number of sulfone groups is 1. The fraction of sp³-hybridized carbons (Fsp3) is 0.467. The van der Waals surface area contributed by atoms with E-state index in [1.807, 2.05) is 0 Å². The molecule has 0 spiro atoms. The first kappa shape index (κ1) is 17.3. The van der Waals surface area contributed by atoms with Crippen molar-refractivity contribution < 1.29 is 27.9 Å². The average Bonchev–Trinajstić information content (AvgIpc) is 2.86. The van der Waals surface area contributed by atoms with Gasteiger partial charge in [-0.1, -0.05) is 11.6 Å². The molecule has 1 fully saturated rings. The number of hydrogen-bond acceptors (Lipinski definition) is 6. The number of nitrogens with zero attached hydrogens (tertiary/aromatic N) is 1. The van der Waals surface area contributed by atoms with Gasteiger partial charge in [-0.15, -0.1) is 0 Å². The molecule has 2 rings (SSSR count). The van der Waals surface area contributed by atoms with E-state index >= 15 is 0 Å². The number of carbonyl (C=O) groups is 2. The van der Waals surface area contributed by atoms with Gasteiger partial charge in [-0.05, 0) is 25.5 Å². The second-order valence-electron chi connectivity index (χ2n) is 5.66. The molecule has 0 unspecified atom stereocenters. The molecular formula is C15H19NO6S. The molecule has 1 aromatic rings. The summed E-state index contributed by atoms with van der Waals surface area (Å²) in [4.78, 5) is 25.2. The fourth-order valence-corrected chi connectivity index (χ4v) is 4.18. The Hall–Kier alpha value is -2.09. The first-order valence-corrected chi connectivity index (χ1v) is 8.94. The first-order chi connectivity index (χ1) is 10.7. The molecule has 0 radical (unpaired) electrons. The minimum absolute atomic E-state index is 0.0103. The summed E-state index contributed by atoms with van der Waals surface area (Å²) in [5.41, 5.74) is 0.762. The third kappa shape index (κ3) is 4.22. The Morgan fingerprint density at radius 1 is 1.39 bits per heavy atom. The number of phenolic OH excluding ortho intramolecular Hbond substituents is 1. The van der Waals surface area contributed by atoms with Crippen LogP contribution >= 0.6 is 0 Å². The summed E-state index contributed by atoms with van der Waals surface area (Å²) in [6.07, 6.45) is 0.386. The molecule has 1 N–H and O–H groups in total. The molecule has 23 heavy (non-hydrogen) atoms. The van der Waals surface area contributed by atoms with Crippen LogP contribution in [0.2, 0.25) is 0 Å². The van der Waals surface area contributed by atoms with Crippen molar-refractivity contribution in [2.75, 3.05) is 25.2 Å². The Balaban J connectivity index is 1.93. The average molecular weight is 341 g/mol. The lowest BCUT2D eigenvalue weighted by Gasteiger charge is -2.23. The van der Waals surface area contributed by atoms with Crippen molar-refractivity contribution in [1.29, 1.82) is 0 Å². The number of benzene rings is 1. The summed E-state index contributed by atoms with van der Waals surface area (Å²) < 4.78 is 27.8. The standard InChI is InChI=1S/C15H19NO6S/c1-10-3-4-13(17)12(7-10)15(19)22-8-14(18)16(2)11-5-6-23(20,21)9-11/h3-4,7,11,17H,5-6,8-9H2,1-2H3/t11-/m0/s1. The van der Waals surface area contributed by atoms with E-state index in [0.717, 1.165) is 5.56 Å². The number of carbonyl (C=O) groups excluding carboxylic acids is 2. The molecule has 126 valence electrons. The predicted molar refractivity (Wildman–Crippen MR) is 83.0 cm³/mol. The van der Waals surface area contributed by atoms with E-state index in [1.165, 1.54) is 24.1 Å². The molecule has 0 aromatic heterocycles. The zero-order valence-electron chi connectivity index (χ0n) is 13.0. The van der Waals surface area contributed by atoms with Crippen molar-refractivity contribution in [2.45, 2.75) is 19.4 Å². The second kappa shape index (κ2) is 6.57. The lowest BCUT2D eigenvalue weighted by molar-refractivity contribution is -0.134. The van der Waals surface area contributed by atoms with Gasteiger partial charge in [0.2, 0.25) is 0 Å². The number of amides is 1. The number of hydrogen-bond donors (Lipinski definition) is 1. The van der Waals surface area contributed by atoms with E-state index in [4.69, 9.17) is 4.74 Å². The highest BCUT2D eigenvalue weighted by atomic mass is 32.2. The van der Waals surface area contributed by atoms with E-state index in [0.29, 0.717) is 6.42 Å². The van der Waals surface area contributed by atoms with E-state index < -0.39 is 34.4 Å². The number of esters is 1. The van der Waals surface area contributed by atoms with Gasteiger partial charge in [-0.25, -0.2) is 13.2 Å². The Morgan fingerprint density at radius 2 is 2.09 bits per heavy atom. The zero-order chi connectivity index (χ0) is 17.2. The van der Waals surface area contributed by atoms with Crippen molar-refractivity contribution in [1.82, 2.24) is 4.90 Å². The van der Waals surface area contributed by atoms with E-state index in [2.05, 4.69) is 0 Å². The molecule has 8 heteroatoms. The summed E-state index contributed by atoms with van der Waals surface area (Å²) in [5, 5.41) is 9.65. The molecule has 1 heterocycles. The number of likely N-dealkylation sites (N-methyl/N-ethyl adjacent to an activating group) is 1. The Labute approximate surface area is 134 Å².